The van der Waals surface area contributed by atoms with Crippen LogP contribution in [0.2, 0.25) is 0 Å². The smallest absolute Gasteiger partial charge is 0.317 e. The average Bonchev–Trinajstić information content (AvgIpc) is 2.37. The van der Waals surface area contributed by atoms with E-state index >= 15 is 0 Å². The molecule has 106 valence electrons. The maximum Gasteiger partial charge on any atom is 0.317 e. The molecule has 1 fully saturated rings. The summed E-state index contributed by atoms with van der Waals surface area (Å²) in [5.74, 6) is 0.717. The predicted molar refractivity (Wildman–Crippen MR) is 73.5 cm³/mol. The number of rotatable bonds is 5. The van der Waals surface area contributed by atoms with Gasteiger partial charge in [-0.1, -0.05) is 33.1 Å². The van der Waals surface area contributed by atoms with E-state index in [1.807, 2.05) is 0 Å². The zero-order valence-electron chi connectivity index (χ0n) is 12.0. The van der Waals surface area contributed by atoms with Crippen LogP contribution in [0.4, 0.5) is 4.79 Å². The molecule has 0 aromatic carbocycles. The standard InChI is InChI=1S/C14H28N2O2/c1-14(2,12-7-5-4-6-8-12)11-15-13(18)16(3)9-10-17/h12,17H,4-11H2,1-3H3,(H,15,18). The molecule has 1 saturated carbocycles. The quantitative estimate of drug-likeness (QED) is 0.792. The van der Waals surface area contributed by atoms with Crippen LogP contribution in [0.3, 0.4) is 0 Å². The second-order valence-corrected chi connectivity index (χ2v) is 6.13. The van der Waals surface area contributed by atoms with E-state index in [4.69, 9.17) is 5.11 Å². The minimum Gasteiger partial charge on any atom is -0.395 e. The van der Waals surface area contributed by atoms with Gasteiger partial charge in [0.05, 0.1) is 6.61 Å². The third kappa shape index (κ3) is 4.48. The Bertz CT molecular complexity index is 261. The van der Waals surface area contributed by atoms with Crippen molar-refractivity contribution in [1.82, 2.24) is 10.2 Å². The molecule has 1 aliphatic rings. The van der Waals surface area contributed by atoms with Crippen LogP contribution in [-0.4, -0.2) is 42.8 Å². The molecule has 0 bridgehead atoms. The van der Waals surface area contributed by atoms with Gasteiger partial charge in [-0.25, -0.2) is 4.79 Å². The van der Waals surface area contributed by atoms with Crippen molar-refractivity contribution in [3.05, 3.63) is 0 Å². The van der Waals surface area contributed by atoms with Gasteiger partial charge in [0.25, 0.3) is 0 Å². The summed E-state index contributed by atoms with van der Waals surface area (Å²) in [4.78, 5) is 13.3. The van der Waals surface area contributed by atoms with Crippen LogP contribution in [0, 0.1) is 11.3 Å². The van der Waals surface area contributed by atoms with Crippen molar-refractivity contribution in [3.8, 4) is 0 Å². The van der Waals surface area contributed by atoms with E-state index in [2.05, 4.69) is 19.2 Å². The summed E-state index contributed by atoms with van der Waals surface area (Å²) >= 11 is 0. The van der Waals surface area contributed by atoms with Crippen LogP contribution >= 0.6 is 0 Å². The molecule has 2 amide bonds. The summed E-state index contributed by atoms with van der Waals surface area (Å²) in [5, 5.41) is 11.8. The zero-order chi connectivity index (χ0) is 13.6. The van der Waals surface area contributed by atoms with Crippen molar-refractivity contribution in [3.63, 3.8) is 0 Å². The number of aliphatic hydroxyl groups is 1. The Labute approximate surface area is 111 Å². The Morgan fingerprint density at radius 2 is 1.94 bits per heavy atom. The van der Waals surface area contributed by atoms with Crippen molar-refractivity contribution in [1.29, 1.82) is 0 Å². The number of amides is 2. The molecule has 0 heterocycles. The van der Waals surface area contributed by atoms with Crippen molar-refractivity contribution >= 4 is 6.03 Å². The lowest BCUT2D eigenvalue weighted by atomic mass is 9.71. The number of urea groups is 1. The lowest BCUT2D eigenvalue weighted by molar-refractivity contribution is 0.146. The van der Waals surface area contributed by atoms with E-state index < -0.39 is 0 Å². The van der Waals surface area contributed by atoms with Gasteiger partial charge < -0.3 is 15.3 Å². The van der Waals surface area contributed by atoms with E-state index in [9.17, 15) is 4.79 Å². The molecule has 0 unspecified atom stereocenters. The third-order valence-electron chi connectivity index (χ3n) is 4.19. The molecule has 0 aromatic rings. The highest BCUT2D eigenvalue weighted by molar-refractivity contribution is 5.73. The second kappa shape index (κ2) is 6.98. The highest BCUT2D eigenvalue weighted by atomic mass is 16.3. The number of carbonyl (C=O) groups is 1. The molecule has 0 spiro atoms. The molecule has 0 saturated heterocycles. The van der Waals surface area contributed by atoms with Gasteiger partial charge in [0.15, 0.2) is 0 Å². The fraction of sp³-hybridized carbons (Fsp3) is 0.929. The van der Waals surface area contributed by atoms with Gasteiger partial charge in [-0.15, -0.1) is 0 Å². The topological polar surface area (TPSA) is 52.6 Å². The van der Waals surface area contributed by atoms with E-state index in [0.29, 0.717) is 13.1 Å². The van der Waals surface area contributed by atoms with E-state index in [0.717, 1.165) is 5.92 Å². The van der Waals surface area contributed by atoms with Crippen molar-refractivity contribution in [2.45, 2.75) is 46.0 Å². The predicted octanol–water partition coefficient (Wildman–Crippen LogP) is 2.23. The number of hydrogen-bond acceptors (Lipinski definition) is 2. The van der Waals surface area contributed by atoms with Crippen LogP contribution in [0.5, 0.6) is 0 Å². The molecular weight excluding hydrogens is 228 g/mol. The van der Waals surface area contributed by atoms with Crippen LogP contribution in [0.25, 0.3) is 0 Å². The van der Waals surface area contributed by atoms with Gasteiger partial charge >= 0.3 is 6.03 Å². The molecule has 2 N–H and O–H groups in total. The monoisotopic (exact) mass is 256 g/mol. The van der Waals surface area contributed by atoms with Gasteiger partial charge in [-0.2, -0.15) is 0 Å². The third-order valence-corrected chi connectivity index (χ3v) is 4.19. The Morgan fingerprint density at radius 3 is 2.50 bits per heavy atom. The number of nitrogens with one attached hydrogen (secondary N) is 1. The molecular formula is C14H28N2O2. The summed E-state index contributed by atoms with van der Waals surface area (Å²) in [6.07, 6.45) is 6.59. The lowest BCUT2D eigenvalue weighted by Crippen LogP contribution is -2.45. The first-order chi connectivity index (χ1) is 8.47. The summed E-state index contributed by atoms with van der Waals surface area (Å²) in [6, 6.07) is -0.0899. The molecule has 0 atom stereocenters. The molecule has 0 aromatic heterocycles. The van der Waals surface area contributed by atoms with Crippen LogP contribution in [0.1, 0.15) is 46.0 Å². The first-order valence-corrected chi connectivity index (χ1v) is 7.07. The van der Waals surface area contributed by atoms with E-state index in [-0.39, 0.29) is 18.1 Å². The lowest BCUT2D eigenvalue weighted by Gasteiger charge is -2.37. The minimum absolute atomic E-state index is 0.00986. The molecule has 18 heavy (non-hydrogen) atoms. The number of aliphatic hydroxyl groups excluding tert-OH is 1. The number of hydrogen-bond donors (Lipinski definition) is 2. The number of nitrogens with zero attached hydrogens (tertiary/aromatic N) is 1. The van der Waals surface area contributed by atoms with Gasteiger partial charge in [0.1, 0.15) is 0 Å². The summed E-state index contributed by atoms with van der Waals surface area (Å²) in [6.45, 7) is 5.60. The van der Waals surface area contributed by atoms with Gasteiger partial charge in [-0.3, -0.25) is 0 Å². The van der Waals surface area contributed by atoms with Crippen molar-refractivity contribution in [2.75, 3.05) is 26.7 Å². The largest absolute Gasteiger partial charge is 0.395 e. The molecule has 4 nitrogen and oxygen atoms in total. The Balaban J connectivity index is 2.38. The fourth-order valence-electron chi connectivity index (χ4n) is 2.72. The molecule has 1 rings (SSSR count). The van der Waals surface area contributed by atoms with Crippen LogP contribution in [0.15, 0.2) is 0 Å². The fourth-order valence-corrected chi connectivity index (χ4v) is 2.72. The SMILES string of the molecule is CN(CCO)C(=O)NCC(C)(C)C1CCCCC1. The van der Waals surface area contributed by atoms with Crippen molar-refractivity contribution in [2.24, 2.45) is 11.3 Å². The summed E-state index contributed by atoms with van der Waals surface area (Å²) < 4.78 is 0. The average molecular weight is 256 g/mol. The van der Waals surface area contributed by atoms with Gasteiger partial charge in [0, 0.05) is 20.1 Å². The highest BCUT2D eigenvalue weighted by Crippen LogP contribution is 2.37. The maximum atomic E-state index is 11.8. The molecule has 4 heteroatoms. The first kappa shape index (κ1) is 15.3. The number of carbonyl (C=O) groups excluding carboxylic acids is 1. The summed E-state index contributed by atoms with van der Waals surface area (Å²) in [5.41, 5.74) is 0.163. The zero-order valence-corrected chi connectivity index (χ0v) is 12.0. The Morgan fingerprint density at radius 1 is 1.33 bits per heavy atom. The van der Waals surface area contributed by atoms with E-state index in [1.165, 1.54) is 37.0 Å². The summed E-state index contributed by atoms with van der Waals surface area (Å²) in [7, 11) is 1.71. The minimum atomic E-state index is -0.0899. The van der Waals surface area contributed by atoms with Gasteiger partial charge in [0.2, 0.25) is 0 Å². The van der Waals surface area contributed by atoms with Crippen LogP contribution in [-0.2, 0) is 0 Å². The Hall–Kier alpha value is -0.770. The van der Waals surface area contributed by atoms with Gasteiger partial charge in [-0.05, 0) is 24.2 Å². The molecule has 0 radical (unpaired) electrons. The highest BCUT2D eigenvalue weighted by Gasteiger charge is 2.31. The van der Waals surface area contributed by atoms with Crippen LogP contribution < -0.4 is 5.32 Å². The first-order valence-electron chi connectivity index (χ1n) is 7.07. The van der Waals surface area contributed by atoms with Crippen molar-refractivity contribution < 1.29 is 9.90 Å². The number of likely N-dealkylation sites (N-methyl/N-ethyl adjacent to an activating group) is 1. The Kier molecular flexibility index (Phi) is 5.93. The second-order valence-electron chi connectivity index (χ2n) is 6.13. The normalized spacial score (nSPS) is 17.6. The molecule has 1 aliphatic carbocycles. The maximum absolute atomic E-state index is 11.8. The molecule has 0 aliphatic heterocycles. The van der Waals surface area contributed by atoms with E-state index in [1.54, 1.807) is 7.05 Å².